The van der Waals surface area contributed by atoms with E-state index < -0.39 is 10.7 Å². The van der Waals surface area contributed by atoms with Crippen molar-refractivity contribution in [3.8, 4) is 0 Å². The van der Waals surface area contributed by atoms with Gasteiger partial charge in [-0.3, -0.25) is 0 Å². The van der Waals surface area contributed by atoms with Crippen molar-refractivity contribution in [2.24, 2.45) is 5.73 Å². The molecule has 2 aliphatic rings. The fourth-order valence-corrected chi connectivity index (χ4v) is 3.61. The number of thiol groups is 1. The van der Waals surface area contributed by atoms with Crippen molar-refractivity contribution in [1.82, 2.24) is 0 Å². The number of ether oxygens (including phenoxy) is 1. The quantitative estimate of drug-likeness (QED) is 0.749. The van der Waals surface area contributed by atoms with Crippen LogP contribution < -0.4 is 5.73 Å². The van der Waals surface area contributed by atoms with Crippen LogP contribution in [-0.4, -0.2) is 31.9 Å². The molecule has 5 heteroatoms. The first kappa shape index (κ1) is 13.3. The van der Waals surface area contributed by atoms with Crippen molar-refractivity contribution < 1.29 is 13.2 Å². The van der Waals surface area contributed by atoms with Crippen LogP contribution >= 0.6 is 0 Å². The lowest BCUT2D eigenvalue weighted by Gasteiger charge is -2.32. The predicted molar refractivity (Wildman–Crippen MR) is 67.7 cm³/mol. The Bertz CT molecular complexity index is 295. The third-order valence-corrected chi connectivity index (χ3v) is 5.16. The Hall–Kier alpha value is -0.130. The lowest BCUT2D eigenvalue weighted by Crippen LogP contribution is -2.34. The summed E-state index contributed by atoms with van der Waals surface area (Å²) in [5, 5.41) is -0.107. The molecule has 100 valence electrons. The summed E-state index contributed by atoms with van der Waals surface area (Å²) in [6.07, 6.45) is 8.24. The van der Waals surface area contributed by atoms with Crippen LogP contribution in [0.5, 0.6) is 0 Å². The van der Waals surface area contributed by atoms with Crippen molar-refractivity contribution >= 4 is 10.7 Å². The summed E-state index contributed by atoms with van der Waals surface area (Å²) in [6, 6.07) is 0.357. The van der Waals surface area contributed by atoms with E-state index in [9.17, 15) is 8.42 Å². The second kappa shape index (κ2) is 6.16. The summed E-state index contributed by atoms with van der Waals surface area (Å²) in [6.45, 7) is 0. The summed E-state index contributed by atoms with van der Waals surface area (Å²) in [5.41, 5.74) is 5.86. The van der Waals surface area contributed by atoms with Gasteiger partial charge in [-0.15, -0.1) is 0 Å². The van der Waals surface area contributed by atoms with Gasteiger partial charge in [0.15, 0.2) is 0 Å². The Balaban J connectivity index is 1.71. The molecule has 0 radical (unpaired) electrons. The van der Waals surface area contributed by atoms with Crippen LogP contribution in [0.15, 0.2) is 0 Å². The maximum Gasteiger partial charge on any atom is 0.143 e. The van der Waals surface area contributed by atoms with Gasteiger partial charge in [0.1, 0.15) is 10.7 Å². The van der Waals surface area contributed by atoms with Gasteiger partial charge in [-0.25, -0.2) is 8.42 Å². The summed E-state index contributed by atoms with van der Waals surface area (Å²) in [7, 11) is -2.24. The molecule has 17 heavy (non-hydrogen) atoms. The highest BCUT2D eigenvalue weighted by Gasteiger charge is 2.27. The molecule has 2 rings (SSSR count). The molecule has 0 atom stereocenters. The zero-order valence-electron chi connectivity index (χ0n) is 10.2. The Morgan fingerprint density at radius 1 is 0.824 bits per heavy atom. The van der Waals surface area contributed by atoms with E-state index in [1.807, 2.05) is 0 Å². The van der Waals surface area contributed by atoms with Gasteiger partial charge in [0, 0.05) is 6.04 Å². The van der Waals surface area contributed by atoms with E-state index in [0.29, 0.717) is 12.1 Å². The fraction of sp³-hybridized carbons (Fsp3) is 1.00. The van der Waals surface area contributed by atoms with Crippen LogP contribution in [-0.2, 0) is 15.4 Å². The van der Waals surface area contributed by atoms with Crippen molar-refractivity contribution in [1.29, 1.82) is 0 Å². The molecule has 2 fully saturated rings. The van der Waals surface area contributed by atoms with Gasteiger partial charge in [-0.1, -0.05) is 0 Å². The van der Waals surface area contributed by atoms with E-state index in [1.165, 1.54) is 0 Å². The topological polar surface area (TPSA) is 69.4 Å². The highest BCUT2D eigenvalue weighted by atomic mass is 32.2. The zero-order valence-corrected chi connectivity index (χ0v) is 11.1. The monoisotopic (exact) mass is 261 g/mol. The predicted octanol–water partition coefficient (Wildman–Crippen LogP) is 1.20. The summed E-state index contributed by atoms with van der Waals surface area (Å²) in [4.78, 5) is 0. The molecule has 0 aromatic heterocycles. The fourth-order valence-electron chi connectivity index (χ4n) is 2.89. The molecule has 4 nitrogen and oxygen atoms in total. The highest BCUT2D eigenvalue weighted by molar-refractivity contribution is 7.73. The molecule has 0 aromatic rings. The molecule has 0 amide bonds. The van der Waals surface area contributed by atoms with Crippen LogP contribution in [0.2, 0.25) is 0 Å². The van der Waals surface area contributed by atoms with E-state index >= 15 is 0 Å². The molecule has 0 spiro atoms. The maximum atomic E-state index is 10.9. The first-order chi connectivity index (χ1) is 8.15. The molecule has 0 bridgehead atoms. The van der Waals surface area contributed by atoms with Gasteiger partial charge in [0.25, 0.3) is 0 Å². The molecule has 0 saturated heterocycles. The van der Waals surface area contributed by atoms with E-state index in [0.717, 1.165) is 51.4 Å². The van der Waals surface area contributed by atoms with E-state index in [2.05, 4.69) is 0 Å². The normalized spacial score (nSPS) is 39.4. The Labute approximate surface area is 105 Å². The lowest BCUT2D eigenvalue weighted by atomic mass is 9.92. The minimum absolute atomic E-state index is 0.107. The molecular weight excluding hydrogens is 238 g/mol. The van der Waals surface area contributed by atoms with Crippen LogP contribution in [0.1, 0.15) is 51.4 Å². The van der Waals surface area contributed by atoms with Gasteiger partial charge >= 0.3 is 0 Å². The Morgan fingerprint density at radius 2 is 1.29 bits per heavy atom. The maximum absolute atomic E-state index is 10.9. The smallest absolute Gasteiger partial charge is 0.143 e. The first-order valence-electron chi connectivity index (χ1n) is 6.69. The van der Waals surface area contributed by atoms with Crippen molar-refractivity contribution in [3.05, 3.63) is 0 Å². The molecule has 0 aliphatic heterocycles. The standard InChI is InChI=1S/C12H23NO3S/c13-9-1-3-10(4-2-9)16-11-5-7-12(8-6-11)17(14)15/h9-12,17H,1-8,13H2. The minimum Gasteiger partial charge on any atom is -0.375 e. The molecule has 0 aromatic carbocycles. The van der Waals surface area contributed by atoms with Crippen LogP contribution in [0, 0.1) is 0 Å². The van der Waals surface area contributed by atoms with Crippen LogP contribution in [0.25, 0.3) is 0 Å². The highest BCUT2D eigenvalue weighted by Crippen LogP contribution is 2.28. The summed E-state index contributed by atoms with van der Waals surface area (Å²) >= 11 is 0. The largest absolute Gasteiger partial charge is 0.375 e. The summed E-state index contributed by atoms with van der Waals surface area (Å²) in [5.74, 6) is 0. The van der Waals surface area contributed by atoms with Crippen molar-refractivity contribution in [2.75, 3.05) is 0 Å². The third-order valence-electron chi connectivity index (χ3n) is 4.05. The lowest BCUT2D eigenvalue weighted by molar-refractivity contribution is -0.0463. The number of hydrogen-bond acceptors (Lipinski definition) is 4. The first-order valence-corrected chi connectivity index (χ1v) is 7.94. The van der Waals surface area contributed by atoms with Crippen LogP contribution in [0.3, 0.4) is 0 Å². The SMILES string of the molecule is NC1CCC(OC2CCC([SH](=O)=O)CC2)CC1. The van der Waals surface area contributed by atoms with Gasteiger partial charge in [-0.05, 0) is 51.4 Å². The second-order valence-electron chi connectivity index (χ2n) is 5.39. The molecule has 0 heterocycles. The Kier molecular flexibility index (Phi) is 4.82. The van der Waals surface area contributed by atoms with Crippen molar-refractivity contribution in [3.63, 3.8) is 0 Å². The second-order valence-corrected chi connectivity index (χ2v) is 6.69. The van der Waals surface area contributed by atoms with E-state index in [-0.39, 0.29) is 11.4 Å². The Morgan fingerprint density at radius 3 is 1.76 bits per heavy atom. The average Bonchev–Trinajstić information content (AvgIpc) is 2.33. The average molecular weight is 261 g/mol. The molecule has 0 unspecified atom stereocenters. The summed E-state index contributed by atoms with van der Waals surface area (Å²) < 4.78 is 27.8. The zero-order chi connectivity index (χ0) is 12.3. The van der Waals surface area contributed by atoms with E-state index in [4.69, 9.17) is 10.5 Å². The van der Waals surface area contributed by atoms with Crippen LogP contribution in [0.4, 0.5) is 0 Å². The van der Waals surface area contributed by atoms with Gasteiger partial charge < -0.3 is 10.5 Å². The minimum atomic E-state index is -2.24. The number of nitrogens with two attached hydrogens (primary N) is 1. The molecule has 2 aliphatic carbocycles. The molecule has 2 N–H and O–H groups in total. The molecular formula is C12H23NO3S. The number of hydrogen-bond donors (Lipinski definition) is 2. The van der Waals surface area contributed by atoms with Gasteiger partial charge in [0.05, 0.1) is 17.5 Å². The number of rotatable bonds is 3. The van der Waals surface area contributed by atoms with E-state index in [1.54, 1.807) is 0 Å². The molecule has 2 saturated carbocycles. The third kappa shape index (κ3) is 3.93. The van der Waals surface area contributed by atoms with Crippen molar-refractivity contribution in [2.45, 2.75) is 74.9 Å². The van der Waals surface area contributed by atoms with Gasteiger partial charge in [0.2, 0.25) is 0 Å². The van der Waals surface area contributed by atoms with Gasteiger partial charge in [-0.2, -0.15) is 0 Å².